The Morgan fingerprint density at radius 3 is 2.00 bits per heavy atom. The molecule has 1 unspecified atom stereocenters. The van der Waals surface area contributed by atoms with E-state index in [1.165, 1.54) is 0 Å². The number of nitrogens with one attached hydrogen (secondary N) is 1. The van der Waals surface area contributed by atoms with E-state index in [0.29, 0.717) is 28.3 Å². The fraction of sp³-hybridized carbons (Fsp3) is 0.130. The first kappa shape index (κ1) is 19.2. The first-order valence-corrected chi connectivity index (χ1v) is 8.88. The highest BCUT2D eigenvalue weighted by atomic mass is 16.5. The van der Waals surface area contributed by atoms with Crippen molar-refractivity contribution >= 4 is 17.4 Å². The third kappa shape index (κ3) is 4.76. The molecular weight excluding hydrogens is 354 g/mol. The third-order valence-corrected chi connectivity index (χ3v) is 4.20. The highest BCUT2D eigenvalue weighted by molar-refractivity contribution is 6.04. The van der Waals surface area contributed by atoms with Gasteiger partial charge in [-0.1, -0.05) is 18.2 Å². The number of benzene rings is 3. The molecule has 28 heavy (non-hydrogen) atoms. The van der Waals surface area contributed by atoms with Gasteiger partial charge in [0, 0.05) is 16.8 Å². The minimum atomic E-state index is -0.641. The summed E-state index contributed by atoms with van der Waals surface area (Å²) < 4.78 is 10.8. The summed E-state index contributed by atoms with van der Waals surface area (Å²) in [5.74, 6) is 0.937. The average molecular weight is 375 g/mol. The van der Waals surface area contributed by atoms with Gasteiger partial charge in [-0.2, -0.15) is 0 Å². The predicted molar refractivity (Wildman–Crippen MR) is 108 cm³/mol. The standard InChI is InChI=1S/C23H21NO4/c1-16(22(25)17-8-12-20(27-2)13-9-17)28-21-14-10-19(11-15-21)24-23(26)18-6-4-3-5-7-18/h3-16H,1-2H3,(H,24,26). The van der Waals surface area contributed by atoms with Crippen molar-refractivity contribution < 1.29 is 19.1 Å². The van der Waals surface area contributed by atoms with Gasteiger partial charge in [-0.05, 0) is 67.6 Å². The summed E-state index contributed by atoms with van der Waals surface area (Å²) in [5, 5.41) is 2.82. The van der Waals surface area contributed by atoms with Gasteiger partial charge in [-0.25, -0.2) is 0 Å². The highest BCUT2D eigenvalue weighted by Gasteiger charge is 2.17. The molecule has 0 saturated heterocycles. The average Bonchev–Trinajstić information content (AvgIpc) is 2.75. The number of hydrogen-bond acceptors (Lipinski definition) is 4. The molecule has 0 heterocycles. The lowest BCUT2D eigenvalue weighted by molar-refractivity contribution is 0.0818. The number of amides is 1. The van der Waals surface area contributed by atoms with E-state index in [1.54, 1.807) is 74.7 Å². The number of ketones is 1. The van der Waals surface area contributed by atoms with Crippen molar-refractivity contribution in [1.82, 2.24) is 0 Å². The van der Waals surface area contributed by atoms with Gasteiger partial charge < -0.3 is 14.8 Å². The van der Waals surface area contributed by atoms with Crippen molar-refractivity contribution in [2.75, 3.05) is 12.4 Å². The van der Waals surface area contributed by atoms with Crippen molar-refractivity contribution in [3.63, 3.8) is 0 Å². The van der Waals surface area contributed by atoms with E-state index in [2.05, 4.69) is 5.32 Å². The first-order valence-electron chi connectivity index (χ1n) is 8.88. The van der Waals surface area contributed by atoms with E-state index in [0.717, 1.165) is 0 Å². The summed E-state index contributed by atoms with van der Waals surface area (Å²) in [6, 6.07) is 22.8. The molecule has 0 saturated carbocycles. The van der Waals surface area contributed by atoms with Crippen LogP contribution in [0.4, 0.5) is 5.69 Å². The fourth-order valence-electron chi connectivity index (χ4n) is 2.66. The molecule has 142 valence electrons. The molecule has 0 bridgehead atoms. The SMILES string of the molecule is COc1ccc(C(=O)C(C)Oc2ccc(NC(=O)c3ccccc3)cc2)cc1. The maximum absolute atomic E-state index is 12.5. The summed E-state index contributed by atoms with van der Waals surface area (Å²) in [6.45, 7) is 1.71. The number of ether oxygens (including phenoxy) is 2. The zero-order valence-corrected chi connectivity index (χ0v) is 15.7. The molecule has 3 rings (SSSR count). The molecule has 5 heteroatoms. The Morgan fingerprint density at radius 2 is 1.39 bits per heavy atom. The maximum Gasteiger partial charge on any atom is 0.255 e. The Bertz CT molecular complexity index is 935. The number of anilines is 1. The number of rotatable bonds is 7. The molecule has 3 aromatic rings. The van der Waals surface area contributed by atoms with Crippen LogP contribution >= 0.6 is 0 Å². The van der Waals surface area contributed by atoms with Gasteiger partial charge in [0.1, 0.15) is 11.5 Å². The van der Waals surface area contributed by atoms with Gasteiger partial charge in [-0.15, -0.1) is 0 Å². The Morgan fingerprint density at radius 1 is 0.786 bits per heavy atom. The van der Waals surface area contributed by atoms with Crippen LogP contribution in [0.2, 0.25) is 0 Å². The smallest absolute Gasteiger partial charge is 0.255 e. The van der Waals surface area contributed by atoms with E-state index < -0.39 is 6.10 Å². The van der Waals surface area contributed by atoms with Crippen LogP contribution in [0, 0.1) is 0 Å². The van der Waals surface area contributed by atoms with Crippen molar-refractivity contribution in [3.05, 3.63) is 90.0 Å². The Kier molecular flexibility index (Phi) is 6.07. The molecule has 0 aromatic heterocycles. The summed E-state index contributed by atoms with van der Waals surface area (Å²) in [7, 11) is 1.58. The number of carbonyl (C=O) groups is 2. The largest absolute Gasteiger partial charge is 0.497 e. The Hall–Kier alpha value is -3.60. The molecule has 1 atom stereocenters. The fourth-order valence-corrected chi connectivity index (χ4v) is 2.66. The van der Waals surface area contributed by atoms with Crippen LogP contribution in [0.25, 0.3) is 0 Å². The van der Waals surface area contributed by atoms with E-state index in [4.69, 9.17) is 9.47 Å². The Labute approximate surface area is 163 Å². The van der Waals surface area contributed by atoms with E-state index >= 15 is 0 Å². The lowest BCUT2D eigenvalue weighted by Gasteiger charge is -2.14. The van der Waals surface area contributed by atoms with Crippen molar-refractivity contribution in [2.24, 2.45) is 0 Å². The van der Waals surface area contributed by atoms with Crippen LogP contribution < -0.4 is 14.8 Å². The lowest BCUT2D eigenvalue weighted by atomic mass is 10.1. The van der Waals surface area contributed by atoms with Crippen LogP contribution in [0.1, 0.15) is 27.6 Å². The summed E-state index contributed by atoms with van der Waals surface area (Å²) >= 11 is 0. The molecule has 0 aliphatic carbocycles. The minimum Gasteiger partial charge on any atom is -0.497 e. The van der Waals surface area contributed by atoms with Crippen LogP contribution in [0.5, 0.6) is 11.5 Å². The van der Waals surface area contributed by atoms with Crippen molar-refractivity contribution in [1.29, 1.82) is 0 Å². The van der Waals surface area contributed by atoms with Gasteiger partial charge >= 0.3 is 0 Å². The molecule has 0 fully saturated rings. The second-order valence-corrected chi connectivity index (χ2v) is 6.20. The molecular formula is C23H21NO4. The molecule has 0 radical (unpaired) electrons. The van der Waals surface area contributed by atoms with Crippen LogP contribution in [-0.2, 0) is 0 Å². The molecule has 1 amide bonds. The van der Waals surface area contributed by atoms with Gasteiger partial charge in [0.25, 0.3) is 5.91 Å². The topological polar surface area (TPSA) is 64.6 Å². The molecule has 0 aliphatic heterocycles. The number of Topliss-reactive ketones (excluding diaryl/α,β-unsaturated/α-hetero) is 1. The summed E-state index contributed by atoms with van der Waals surface area (Å²) in [4.78, 5) is 24.7. The van der Waals surface area contributed by atoms with Crippen molar-refractivity contribution in [3.8, 4) is 11.5 Å². The predicted octanol–water partition coefficient (Wildman–Crippen LogP) is 4.60. The monoisotopic (exact) mass is 375 g/mol. The van der Waals surface area contributed by atoms with Gasteiger partial charge in [0.05, 0.1) is 7.11 Å². The molecule has 0 spiro atoms. The first-order chi connectivity index (χ1) is 13.6. The maximum atomic E-state index is 12.5. The number of methoxy groups -OCH3 is 1. The number of carbonyl (C=O) groups excluding carboxylic acids is 2. The van der Waals surface area contributed by atoms with Gasteiger partial charge in [0.15, 0.2) is 6.10 Å². The normalized spacial score (nSPS) is 11.4. The second kappa shape index (κ2) is 8.86. The molecule has 0 aliphatic rings. The van der Waals surface area contributed by atoms with Crippen LogP contribution in [0.3, 0.4) is 0 Å². The van der Waals surface area contributed by atoms with Crippen LogP contribution in [-0.4, -0.2) is 24.9 Å². The van der Waals surface area contributed by atoms with Crippen LogP contribution in [0.15, 0.2) is 78.9 Å². The van der Waals surface area contributed by atoms with Gasteiger partial charge in [-0.3, -0.25) is 9.59 Å². The van der Waals surface area contributed by atoms with E-state index in [1.807, 2.05) is 18.2 Å². The molecule has 3 aromatic carbocycles. The minimum absolute atomic E-state index is 0.121. The number of hydrogen-bond donors (Lipinski definition) is 1. The Balaban J connectivity index is 1.60. The third-order valence-electron chi connectivity index (χ3n) is 4.20. The van der Waals surface area contributed by atoms with Gasteiger partial charge in [0.2, 0.25) is 5.78 Å². The zero-order valence-electron chi connectivity index (χ0n) is 15.7. The highest BCUT2D eigenvalue weighted by Crippen LogP contribution is 2.20. The lowest BCUT2D eigenvalue weighted by Crippen LogP contribution is -2.23. The van der Waals surface area contributed by atoms with E-state index in [-0.39, 0.29) is 11.7 Å². The summed E-state index contributed by atoms with van der Waals surface area (Å²) in [6.07, 6.45) is -0.641. The quantitative estimate of drug-likeness (QED) is 0.613. The zero-order chi connectivity index (χ0) is 19.9. The van der Waals surface area contributed by atoms with Crippen molar-refractivity contribution in [2.45, 2.75) is 13.0 Å². The molecule has 5 nitrogen and oxygen atoms in total. The second-order valence-electron chi connectivity index (χ2n) is 6.20. The molecule has 1 N–H and O–H groups in total. The van der Waals surface area contributed by atoms with E-state index in [9.17, 15) is 9.59 Å². The summed E-state index contributed by atoms with van der Waals surface area (Å²) in [5.41, 5.74) is 1.79.